The molecule has 1 aromatic rings. The molecule has 1 N–H and O–H groups in total. The number of hydrogen-bond acceptors (Lipinski definition) is 5. The van der Waals surface area contributed by atoms with Gasteiger partial charge in [-0.25, -0.2) is 9.78 Å². The van der Waals surface area contributed by atoms with E-state index in [0.717, 1.165) is 17.2 Å². The molecule has 1 aliphatic heterocycles. The fourth-order valence-corrected chi connectivity index (χ4v) is 1.82. The number of aliphatic carboxylic acids is 1. The van der Waals surface area contributed by atoms with Gasteiger partial charge in [0.1, 0.15) is 0 Å². The summed E-state index contributed by atoms with van der Waals surface area (Å²) in [4.78, 5) is 21.4. The van der Waals surface area contributed by atoms with Crippen LogP contribution in [0.15, 0.2) is 6.20 Å². The summed E-state index contributed by atoms with van der Waals surface area (Å²) in [5.74, 6) is -0.187. The molecule has 0 spiro atoms. The number of nitrogens with zero attached hydrogens (tertiary/aromatic N) is 3. The Labute approximate surface area is 99.2 Å². The first-order valence-electron chi connectivity index (χ1n) is 5.47. The number of aromatic nitrogens is 2. The van der Waals surface area contributed by atoms with Gasteiger partial charge >= 0.3 is 5.97 Å². The fraction of sp³-hybridized carbons (Fsp3) is 0.545. The lowest BCUT2D eigenvalue weighted by Gasteiger charge is -2.32. The molecule has 0 aliphatic carbocycles. The molecule has 0 bridgehead atoms. The summed E-state index contributed by atoms with van der Waals surface area (Å²) >= 11 is 0. The first kappa shape index (κ1) is 11.8. The van der Waals surface area contributed by atoms with Crippen LogP contribution in [0, 0.1) is 13.8 Å². The maximum atomic E-state index is 10.9. The molecule has 92 valence electrons. The van der Waals surface area contributed by atoms with Crippen LogP contribution in [0.5, 0.6) is 0 Å². The lowest BCUT2D eigenvalue weighted by molar-refractivity contribution is -0.150. The minimum atomic E-state index is -0.937. The largest absolute Gasteiger partial charge is 0.479 e. The van der Waals surface area contributed by atoms with E-state index in [9.17, 15) is 4.79 Å². The van der Waals surface area contributed by atoms with Crippen molar-refractivity contribution in [1.29, 1.82) is 0 Å². The summed E-state index contributed by atoms with van der Waals surface area (Å²) in [7, 11) is 0. The van der Waals surface area contributed by atoms with Crippen LogP contribution < -0.4 is 4.90 Å². The molecule has 0 amide bonds. The molecule has 6 nitrogen and oxygen atoms in total. The fourth-order valence-electron chi connectivity index (χ4n) is 1.82. The first-order valence-corrected chi connectivity index (χ1v) is 5.47. The van der Waals surface area contributed by atoms with Gasteiger partial charge in [-0.15, -0.1) is 0 Å². The van der Waals surface area contributed by atoms with Gasteiger partial charge in [0.05, 0.1) is 24.5 Å². The van der Waals surface area contributed by atoms with Crippen molar-refractivity contribution < 1.29 is 14.6 Å². The Hall–Kier alpha value is -1.69. The zero-order valence-electron chi connectivity index (χ0n) is 9.88. The van der Waals surface area contributed by atoms with Gasteiger partial charge in [-0.05, 0) is 13.8 Å². The molecule has 6 heteroatoms. The van der Waals surface area contributed by atoms with Crippen LogP contribution in [0.4, 0.5) is 5.82 Å². The highest BCUT2D eigenvalue weighted by molar-refractivity contribution is 5.73. The molecule has 0 aromatic carbocycles. The van der Waals surface area contributed by atoms with Crippen LogP contribution in [0.25, 0.3) is 0 Å². The molecule has 0 saturated carbocycles. The Morgan fingerprint density at radius 1 is 1.59 bits per heavy atom. The molecule has 1 fully saturated rings. The Morgan fingerprint density at radius 2 is 2.35 bits per heavy atom. The van der Waals surface area contributed by atoms with E-state index in [1.807, 2.05) is 18.7 Å². The molecule has 2 rings (SSSR count). The number of hydrogen-bond donors (Lipinski definition) is 1. The Balaban J connectivity index is 2.21. The van der Waals surface area contributed by atoms with Crippen molar-refractivity contribution in [3.63, 3.8) is 0 Å². The summed E-state index contributed by atoms with van der Waals surface area (Å²) in [5, 5.41) is 8.94. The Kier molecular flexibility index (Phi) is 3.23. The first-order chi connectivity index (χ1) is 8.08. The zero-order chi connectivity index (χ0) is 12.4. The van der Waals surface area contributed by atoms with Gasteiger partial charge < -0.3 is 14.7 Å². The second-order valence-corrected chi connectivity index (χ2v) is 4.06. The Morgan fingerprint density at radius 3 is 3.06 bits per heavy atom. The average Bonchev–Trinajstić information content (AvgIpc) is 2.32. The predicted molar refractivity (Wildman–Crippen MR) is 61.1 cm³/mol. The molecular formula is C11H15N3O3. The number of rotatable bonds is 2. The van der Waals surface area contributed by atoms with Crippen molar-refractivity contribution in [2.75, 3.05) is 24.6 Å². The van der Waals surface area contributed by atoms with Crippen molar-refractivity contribution >= 4 is 11.8 Å². The zero-order valence-corrected chi connectivity index (χ0v) is 9.88. The van der Waals surface area contributed by atoms with E-state index in [1.165, 1.54) is 0 Å². The summed E-state index contributed by atoms with van der Waals surface area (Å²) in [6.07, 6.45) is 0.916. The topological polar surface area (TPSA) is 75.6 Å². The van der Waals surface area contributed by atoms with Crippen LogP contribution in [0.2, 0.25) is 0 Å². The summed E-state index contributed by atoms with van der Waals surface area (Å²) in [6.45, 7) is 5.08. The van der Waals surface area contributed by atoms with Gasteiger partial charge in [0.15, 0.2) is 11.9 Å². The SMILES string of the molecule is Cc1cnc(C)c(N2CCOC(C(=O)O)C2)n1. The third-order valence-corrected chi connectivity index (χ3v) is 2.69. The standard InChI is InChI=1S/C11H15N3O3/c1-7-5-12-8(2)10(13-7)14-3-4-17-9(6-14)11(15)16/h5,9H,3-4,6H2,1-2H3,(H,15,16). The lowest BCUT2D eigenvalue weighted by atomic mass is 10.2. The van der Waals surface area contributed by atoms with Gasteiger partial charge in [-0.3, -0.25) is 4.98 Å². The van der Waals surface area contributed by atoms with E-state index in [4.69, 9.17) is 9.84 Å². The van der Waals surface area contributed by atoms with E-state index in [0.29, 0.717) is 19.7 Å². The molecule has 1 unspecified atom stereocenters. The van der Waals surface area contributed by atoms with Crippen LogP contribution in [-0.4, -0.2) is 46.8 Å². The molecule has 2 heterocycles. The summed E-state index contributed by atoms with van der Waals surface area (Å²) in [6, 6.07) is 0. The van der Waals surface area contributed by atoms with Crippen molar-refractivity contribution in [1.82, 2.24) is 9.97 Å². The van der Waals surface area contributed by atoms with Gasteiger partial charge in [0, 0.05) is 12.7 Å². The van der Waals surface area contributed by atoms with Crippen LogP contribution in [0.3, 0.4) is 0 Å². The number of morpholine rings is 1. The third-order valence-electron chi connectivity index (χ3n) is 2.69. The quantitative estimate of drug-likeness (QED) is 0.801. The minimum absolute atomic E-state index is 0.314. The van der Waals surface area contributed by atoms with Gasteiger partial charge in [0.25, 0.3) is 0 Å². The van der Waals surface area contributed by atoms with Crippen LogP contribution >= 0.6 is 0 Å². The van der Waals surface area contributed by atoms with Gasteiger partial charge in [0.2, 0.25) is 0 Å². The lowest BCUT2D eigenvalue weighted by Crippen LogP contribution is -2.46. The predicted octanol–water partition coefficient (Wildman–Crippen LogP) is 0.383. The maximum Gasteiger partial charge on any atom is 0.334 e. The van der Waals surface area contributed by atoms with Crippen LogP contribution in [0.1, 0.15) is 11.4 Å². The number of anilines is 1. The second-order valence-electron chi connectivity index (χ2n) is 4.06. The highest BCUT2D eigenvalue weighted by Crippen LogP contribution is 2.18. The van der Waals surface area contributed by atoms with E-state index in [1.54, 1.807) is 6.20 Å². The Bertz CT molecular complexity index is 436. The van der Waals surface area contributed by atoms with Crippen molar-refractivity contribution in [2.24, 2.45) is 0 Å². The number of carboxylic acids is 1. The van der Waals surface area contributed by atoms with Crippen molar-refractivity contribution in [3.05, 3.63) is 17.6 Å². The number of ether oxygens (including phenoxy) is 1. The number of carbonyl (C=O) groups is 1. The smallest absolute Gasteiger partial charge is 0.334 e. The van der Waals surface area contributed by atoms with Crippen molar-refractivity contribution in [2.45, 2.75) is 20.0 Å². The molecule has 17 heavy (non-hydrogen) atoms. The third kappa shape index (κ3) is 2.52. The van der Waals surface area contributed by atoms with E-state index < -0.39 is 12.1 Å². The normalized spacial score (nSPS) is 20.4. The second kappa shape index (κ2) is 4.67. The van der Waals surface area contributed by atoms with E-state index in [-0.39, 0.29) is 0 Å². The molecule has 1 aromatic heterocycles. The highest BCUT2D eigenvalue weighted by atomic mass is 16.5. The monoisotopic (exact) mass is 237 g/mol. The van der Waals surface area contributed by atoms with E-state index in [2.05, 4.69) is 9.97 Å². The number of aryl methyl sites for hydroxylation is 2. The van der Waals surface area contributed by atoms with Crippen LogP contribution in [-0.2, 0) is 9.53 Å². The van der Waals surface area contributed by atoms with Gasteiger partial charge in [-0.2, -0.15) is 0 Å². The molecule has 1 atom stereocenters. The average molecular weight is 237 g/mol. The van der Waals surface area contributed by atoms with Crippen molar-refractivity contribution in [3.8, 4) is 0 Å². The molecule has 1 saturated heterocycles. The molecular weight excluding hydrogens is 222 g/mol. The van der Waals surface area contributed by atoms with Gasteiger partial charge in [-0.1, -0.05) is 0 Å². The summed E-state index contributed by atoms with van der Waals surface area (Å²) < 4.78 is 5.17. The maximum absolute atomic E-state index is 10.9. The minimum Gasteiger partial charge on any atom is -0.479 e. The van der Waals surface area contributed by atoms with E-state index >= 15 is 0 Å². The molecule has 0 radical (unpaired) electrons. The number of carboxylic acid groups (broad SMARTS) is 1. The highest BCUT2D eigenvalue weighted by Gasteiger charge is 2.27. The molecule has 1 aliphatic rings. The summed E-state index contributed by atoms with van der Waals surface area (Å²) in [5.41, 5.74) is 1.63.